The van der Waals surface area contributed by atoms with E-state index in [9.17, 15) is 4.79 Å². The third kappa shape index (κ3) is 6.44. The molecule has 0 saturated carbocycles. The summed E-state index contributed by atoms with van der Waals surface area (Å²) in [7, 11) is 1.59. The van der Waals surface area contributed by atoms with E-state index in [1.165, 1.54) is 0 Å². The van der Waals surface area contributed by atoms with E-state index in [4.69, 9.17) is 17.0 Å². The fraction of sp³-hybridized carbons (Fsp3) is 0.467. The molecule has 21 heavy (non-hydrogen) atoms. The Hall–Kier alpha value is -1.82. The van der Waals surface area contributed by atoms with Gasteiger partial charge < -0.3 is 10.1 Å². The molecule has 5 nitrogen and oxygen atoms in total. The van der Waals surface area contributed by atoms with Crippen LogP contribution < -0.4 is 20.9 Å². The van der Waals surface area contributed by atoms with Gasteiger partial charge in [-0.05, 0) is 46.0 Å². The van der Waals surface area contributed by atoms with Crippen molar-refractivity contribution in [2.75, 3.05) is 7.11 Å². The van der Waals surface area contributed by atoms with Gasteiger partial charge in [0.15, 0.2) is 5.11 Å². The molecule has 0 saturated heterocycles. The summed E-state index contributed by atoms with van der Waals surface area (Å²) in [6, 6.07) is 5.74. The minimum Gasteiger partial charge on any atom is -0.496 e. The molecule has 0 bridgehead atoms. The van der Waals surface area contributed by atoms with Crippen molar-refractivity contribution in [3.05, 3.63) is 29.3 Å². The van der Waals surface area contributed by atoms with Crippen molar-refractivity contribution in [1.29, 1.82) is 0 Å². The lowest BCUT2D eigenvalue weighted by atomic mass is 10.1. The first-order valence-corrected chi connectivity index (χ1v) is 7.12. The Labute approximate surface area is 131 Å². The smallest absolute Gasteiger partial charge is 0.242 e. The summed E-state index contributed by atoms with van der Waals surface area (Å²) in [5, 5.41) is 3.43. The van der Waals surface area contributed by atoms with Crippen molar-refractivity contribution in [1.82, 2.24) is 16.2 Å². The maximum atomic E-state index is 11.9. The fourth-order valence-electron chi connectivity index (χ4n) is 1.76. The molecule has 0 aliphatic heterocycles. The SMILES string of the molecule is COc1ccc(C)cc1CC(=O)NNC(=S)NC(C)(C)C. The summed E-state index contributed by atoms with van der Waals surface area (Å²) in [5.41, 5.74) is 7.03. The molecular formula is C15H23N3O2S. The molecular weight excluding hydrogens is 286 g/mol. The monoisotopic (exact) mass is 309 g/mol. The average molecular weight is 309 g/mol. The second-order valence-electron chi connectivity index (χ2n) is 5.87. The Balaban J connectivity index is 2.55. The zero-order chi connectivity index (χ0) is 16.0. The van der Waals surface area contributed by atoms with Gasteiger partial charge in [0.1, 0.15) is 5.75 Å². The highest BCUT2D eigenvalue weighted by Gasteiger charge is 2.12. The van der Waals surface area contributed by atoms with Crippen LogP contribution in [0.25, 0.3) is 0 Å². The maximum absolute atomic E-state index is 11.9. The highest BCUT2D eigenvalue weighted by molar-refractivity contribution is 7.80. The summed E-state index contributed by atoms with van der Waals surface area (Å²) in [6.45, 7) is 7.93. The van der Waals surface area contributed by atoms with Gasteiger partial charge in [-0.15, -0.1) is 0 Å². The Morgan fingerprint density at radius 1 is 1.29 bits per heavy atom. The van der Waals surface area contributed by atoms with Gasteiger partial charge in [0.2, 0.25) is 5.91 Å². The average Bonchev–Trinajstić information content (AvgIpc) is 2.35. The first kappa shape index (κ1) is 17.2. The summed E-state index contributed by atoms with van der Waals surface area (Å²) >= 11 is 5.09. The van der Waals surface area contributed by atoms with Crippen LogP contribution in [0.15, 0.2) is 18.2 Å². The van der Waals surface area contributed by atoms with E-state index in [-0.39, 0.29) is 17.9 Å². The second kappa shape index (κ2) is 7.26. The van der Waals surface area contributed by atoms with Crippen LogP contribution in [0.4, 0.5) is 0 Å². The first-order chi connectivity index (χ1) is 9.71. The number of carbonyl (C=O) groups is 1. The molecule has 0 heterocycles. The zero-order valence-corrected chi connectivity index (χ0v) is 14.0. The molecule has 0 aliphatic rings. The van der Waals surface area contributed by atoms with Crippen LogP contribution in [0.5, 0.6) is 5.75 Å². The molecule has 0 aliphatic carbocycles. The minimum absolute atomic E-state index is 0.158. The molecule has 0 unspecified atom stereocenters. The van der Waals surface area contributed by atoms with Crippen LogP contribution in [0, 0.1) is 6.92 Å². The molecule has 1 rings (SSSR count). The van der Waals surface area contributed by atoms with Crippen molar-refractivity contribution in [2.24, 2.45) is 0 Å². The summed E-state index contributed by atoms with van der Waals surface area (Å²) in [4.78, 5) is 11.9. The summed E-state index contributed by atoms with van der Waals surface area (Å²) in [5.74, 6) is 0.517. The Morgan fingerprint density at radius 3 is 2.52 bits per heavy atom. The number of thiocarbonyl (C=S) groups is 1. The van der Waals surface area contributed by atoms with Gasteiger partial charge in [-0.1, -0.05) is 17.7 Å². The predicted molar refractivity (Wildman–Crippen MR) is 88.2 cm³/mol. The molecule has 1 amide bonds. The van der Waals surface area contributed by atoms with Gasteiger partial charge in [0.25, 0.3) is 0 Å². The topological polar surface area (TPSA) is 62.4 Å². The number of hydrogen-bond acceptors (Lipinski definition) is 3. The number of benzene rings is 1. The van der Waals surface area contributed by atoms with Crippen molar-refractivity contribution in [2.45, 2.75) is 39.7 Å². The normalized spacial score (nSPS) is 10.7. The lowest BCUT2D eigenvalue weighted by molar-refractivity contribution is -0.121. The fourth-order valence-corrected chi connectivity index (χ4v) is 2.12. The number of rotatable bonds is 3. The number of methoxy groups -OCH3 is 1. The van der Waals surface area contributed by atoms with Crippen molar-refractivity contribution < 1.29 is 9.53 Å². The van der Waals surface area contributed by atoms with E-state index >= 15 is 0 Å². The van der Waals surface area contributed by atoms with Gasteiger partial charge in [-0.2, -0.15) is 0 Å². The minimum atomic E-state index is -0.183. The van der Waals surface area contributed by atoms with Crippen molar-refractivity contribution in [3.63, 3.8) is 0 Å². The van der Waals surface area contributed by atoms with E-state index in [2.05, 4.69) is 16.2 Å². The number of ether oxygens (including phenoxy) is 1. The molecule has 116 valence electrons. The van der Waals surface area contributed by atoms with E-state index in [1.807, 2.05) is 45.9 Å². The van der Waals surface area contributed by atoms with E-state index in [0.717, 1.165) is 11.1 Å². The second-order valence-corrected chi connectivity index (χ2v) is 6.28. The molecule has 3 N–H and O–H groups in total. The number of nitrogens with one attached hydrogen (secondary N) is 3. The number of aryl methyl sites for hydroxylation is 1. The molecule has 0 radical (unpaired) electrons. The van der Waals surface area contributed by atoms with Crippen LogP contribution in [0.2, 0.25) is 0 Å². The lowest BCUT2D eigenvalue weighted by Gasteiger charge is -2.23. The van der Waals surface area contributed by atoms with Gasteiger partial charge in [0, 0.05) is 11.1 Å². The van der Waals surface area contributed by atoms with Crippen LogP contribution in [-0.4, -0.2) is 23.7 Å². The maximum Gasteiger partial charge on any atom is 0.242 e. The van der Waals surface area contributed by atoms with E-state index < -0.39 is 0 Å². The van der Waals surface area contributed by atoms with Crippen molar-refractivity contribution >= 4 is 23.2 Å². The molecule has 0 fully saturated rings. The van der Waals surface area contributed by atoms with Crippen LogP contribution in [-0.2, 0) is 11.2 Å². The number of amides is 1. The Kier molecular flexibility index (Phi) is 5.96. The number of carbonyl (C=O) groups excluding carboxylic acids is 1. The highest BCUT2D eigenvalue weighted by atomic mass is 32.1. The van der Waals surface area contributed by atoms with Crippen LogP contribution in [0.1, 0.15) is 31.9 Å². The Bertz CT molecular complexity index is 524. The summed E-state index contributed by atoms with van der Waals surface area (Å²) in [6.07, 6.45) is 0.218. The number of hydrogen-bond donors (Lipinski definition) is 3. The molecule has 1 aromatic rings. The third-order valence-corrected chi connectivity index (χ3v) is 2.80. The highest BCUT2D eigenvalue weighted by Crippen LogP contribution is 2.19. The van der Waals surface area contributed by atoms with Crippen LogP contribution >= 0.6 is 12.2 Å². The van der Waals surface area contributed by atoms with Crippen molar-refractivity contribution in [3.8, 4) is 5.75 Å². The third-order valence-electron chi connectivity index (χ3n) is 2.59. The predicted octanol–water partition coefficient (Wildman–Crippen LogP) is 1.84. The lowest BCUT2D eigenvalue weighted by Crippen LogP contribution is -2.52. The van der Waals surface area contributed by atoms with E-state index in [1.54, 1.807) is 7.11 Å². The Morgan fingerprint density at radius 2 is 1.95 bits per heavy atom. The number of hydrazine groups is 1. The van der Waals surface area contributed by atoms with Gasteiger partial charge in [-0.25, -0.2) is 0 Å². The van der Waals surface area contributed by atoms with Gasteiger partial charge in [-0.3, -0.25) is 15.6 Å². The largest absolute Gasteiger partial charge is 0.496 e. The van der Waals surface area contributed by atoms with Gasteiger partial charge >= 0.3 is 0 Å². The molecule has 1 aromatic carbocycles. The molecule has 0 spiro atoms. The molecule has 6 heteroatoms. The van der Waals surface area contributed by atoms with Crippen LogP contribution in [0.3, 0.4) is 0 Å². The first-order valence-electron chi connectivity index (χ1n) is 6.72. The molecule has 0 aromatic heterocycles. The molecule has 0 atom stereocenters. The quantitative estimate of drug-likeness (QED) is 0.587. The van der Waals surface area contributed by atoms with E-state index in [0.29, 0.717) is 10.9 Å². The zero-order valence-electron chi connectivity index (χ0n) is 13.2. The summed E-state index contributed by atoms with van der Waals surface area (Å²) < 4.78 is 5.25. The standard InChI is InChI=1S/C15H23N3O2S/c1-10-6-7-12(20-5)11(8-10)9-13(19)17-18-14(21)16-15(2,3)4/h6-8H,9H2,1-5H3,(H,17,19)(H2,16,18,21). The van der Waals surface area contributed by atoms with Gasteiger partial charge in [0.05, 0.1) is 13.5 Å².